The molecule has 35 heavy (non-hydrogen) atoms. The maximum atomic E-state index is 12.9. The Morgan fingerprint density at radius 3 is 2.17 bits per heavy atom. The van der Waals surface area contributed by atoms with Gasteiger partial charge < -0.3 is 28.4 Å². The Bertz CT molecular complexity index is 1030. The summed E-state index contributed by atoms with van der Waals surface area (Å²) >= 11 is 17.4. The van der Waals surface area contributed by atoms with Crippen molar-refractivity contribution in [1.29, 1.82) is 5.41 Å². The van der Waals surface area contributed by atoms with Gasteiger partial charge in [-0.05, 0) is 31.5 Å². The maximum Gasteiger partial charge on any atom is 0.338 e. The lowest BCUT2D eigenvalue weighted by molar-refractivity contribution is -0.320. The summed E-state index contributed by atoms with van der Waals surface area (Å²) in [6.45, 7) is 3.53. The van der Waals surface area contributed by atoms with Crippen molar-refractivity contribution >= 4 is 46.7 Å². The highest BCUT2D eigenvalue weighted by Gasteiger charge is 2.59. The number of benzene rings is 2. The van der Waals surface area contributed by atoms with Crippen LogP contribution in [-0.2, 0) is 35.0 Å². The van der Waals surface area contributed by atoms with E-state index in [9.17, 15) is 4.79 Å². The highest BCUT2D eigenvalue weighted by Crippen LogP contribution is 2.41. The fraction of sp³-hybridized carbons (Fsp3) is 0.417. The van der Waals surface area contributed by atoms with E-state index in [0.29, 0.717) is 5.56 Å². The summed E-state index contributed by atoms with van der Waals surface area (Å²) in [6, 6.07) is 17.9. The molecule has 0 radical (unpaired) electrons. The van der Waals surface area contributed by atoms with Crippen LogP contribution in [-0.4, -0.2) is 52.3 Å². The van der Waals surface area contributed by atoms with E-state index in [2.05, 4.69) is 0 Å². The molecule has 4 rings (SSSR count). The van der Waals surface area contributed by atoms with Crippen LogP contribution in [0.3, 0.4) is 0 Å². The smallest absolute Gasteiger partial charge is 0.338 e. The molecule has 0 bridgehead atoms. The van der Waals surface area contributed by atoms with E-state index >= 15 is 0 Å². The van der Waals surface area contributed by atoms with Gasteiger partial charge in [-0.2, -0.15) is 0 Å². The normalized spacial score (nSPS) is 27.6. The first-order valence-corrected chi connectivity index (χ1v) is 11.9. The second-order valence-electron chi connectivity index (χ2n) is 8.41. The third-order valence-corrected chi connectivity index (χ3v) is 5.81. The SMILES string of the molecule is CC1(C)O[C@@H]2[C@@H](OC(=O)c3ccccc3)[C@H](OCc3ccccc3)O[C@@H](OC(=N)C(Cl)(Cl)Cl)[C@@H]2O1. The molecule has 0 aromatic heterocycles. The minimum Gasteiger partial charge on any atom is -0.450 e. The average Bonchev–Trinajstić information content (AvgIpc) is 3.15. The minimum absolute atomic E-state index is 0.140. The van der Waals surface area contributed by atoms with Gasteiger partial charge in [-0.1, -0.05) is 83.3 Å². The summed E-state index contributed by atoms with van der Waals surface area (Å²) in [6.07, 6.45) is -5.18. The molecule has 0 saturated carbocycles. The van der Waals surface area contributed by atoms with Crippen LogP contribution in [0.4, 0.5) is 0 Å². The maximum absolute atomic E-state index is 12.9. The number of rotatable bonds is 6. The molecular weight excluding hydrogens is 521 g/mol. The Balaban J connectivity index is 1.61. The molecule has 2 fully saturated rings. The van der Waals surface area contributed by atoms with Gasteiger partial charge in [-0.3, -0.25) is 5.41 Å². The third kappa shape index (κ3) is 6.46. The number of esters is 1. The van der Waals surface area contributed by atoms with Gasteiger partial charge in [0, 0.05) is 0 Å². The van der Waals surface area contributed by atoms with Crippen LogP contribution >= 0.6 is 34.8 Å². The van der Waals surface area contributed by atoms with E-state index in [4.69, 9.17) is 68.6 Å². The van der Waals surface area contributed by atoms with Gasteiger partial charge in [0.05, 0.1) is 12.2 Å². The lowest BCUT2D eigenvalue weighted by Gasteiger charge is -2.41. The van der Waals surface area contributed by atoms with Gasteiger partial charge in [0.25, 0.3) is 3.79 Å². The molecule has 0 unspecified atom stereocenters. The number of hydrogen-bond acceptors (Lipinski definition) is 8. The molecule has 1 N–H and O–H groups in total. The molecule has 5 atom stereocenters. The zero-order valence-electron chi connectivity index (χ0n) is 18.9. The monoisotopic (exact) mass is 543 g/mol. The zero-order chi connectivity index (χ0) is 25.2. The summed E-state index contributed by atoms with van der Waals surface area (Å²) in [5.41, 5.74) is 1.21. The molecule has 2 heterocycles. The van der Waals surface area contributed by atoms with Crippen LogP contribution < -0.4 is 0 Å². The fourth-order valence-corrected chi connectivity index (χ4v) is 3.91. The summed E-state index contributed by atoms with van der Waals surface area (Å²) < 4.78 is 33.3. The van der Waals surface area contributed by atoms with Crippen molar-refractivity contribution in [1.82, 2.24) is 0 Å². The molecule has 0 spiro atoms. The number of carbonyl (C=O) groups is 1. The van der Waals surface area contributed by atoms with Gasteiger partial charge in [0.15, 0.2) is 18.0 Å². The number of halogens is 3. The second kappa shape index (κ2) is 10.6. The van der Waals surface area contributed by atoms with Gasteiger partial charge >= 0.3 is 5.97 Å². The van der Waals surface area contributed by atoms with Crippen molar-refractivity contribution in [3.8, 4) is 0 Å². The summed E-state index contributed by atoms with van der Waals surface area (Å²) in [5.74, 6) is -2.33. The number of alkyl halides is 3. The predicted octanol–water partition coefficient (Wildman–Crippen LogP) is 5.00. The molecular formula is C24H24Cl3NO7. The number of fused-ring (bicyclic) bond motifs is 1. The van der Waals surface area contributed by atoms with Gasteiger partial charge in [0.1, 0.15) is 6.10 Å². The number of ether oxygens (including phenoxy) is 6. The molecule has 2 aliphatic rings. The fourth-order valence-electron chi connectivity index (χ4n) is 3.78. The van der Waals surface area contributed by atoms with Gasteiger partial charge in [0.2, 0.25) is 18.5 Å². The summed E-state index contributed by atoms with van der Waals surface area (Å²) in [7, 11) is 0. The molecule has 8 nitrogen and oxygen atoms in total. The van der Waals surface area contributed by atoms with E-state index in [1.807, 2.05) is 30.3 Å². The quantitative estimate of drug-likeness (QED) is 0.237. The number of carbonyl (C=O) groups excluding carboxylic acids is 1. The third-order valence-electron chi connectivity index (χ3n) is 5.29. The Hall–Kier alpha value is -1.91. The van der Waals surface area contributed by atoms with Crippen molar-refractivity contribution in [2.24, 2.45) is 0 Å². The minimum atomic E-state index is -2.12. The highest BCUT2D eigenvalue weighted by molar-refractivity contribution is 6.76. The first-order valence-electron chi connectivity index (χ1n) is 10.8. The van der Waals surface area contributed by atoms with Crippen molar-refractivity contribution < 1.29 is 33.2 Å². The van der Waals surface area contributed by atoms with E-state index in [0.717, 1.165) is 5.56 Å². The Labute approximate surface area is 217 Å². The first kappa shape index (κ1) is 26.2. The summed E-state index contributed by atoms with van der Waals surface area (Å²) in [5, 5.41) is 7.98. The van der Waals surface area contributed by atoms with Gasteiger partial charge in [-0.25, -0.2) is 4.79 Å². The van der Waals surface area contributed by atoms with Crippen LogP contribution in [0.5, 0.6) is 0 Å². The average molecular weight is 545 g/mol. The molecule has 2 saturated heterocycles. The standard InChI is InChI=1S/C24H24Cl3NO7/c1-23(2)34-16-17(31-19(29)15-11-7-4-8-12-15)20(30-13-14-9-5-3-6-10-14)32-21(18(16)35-23)33-22(28)24(25,26)27/h3-12,16-18,20-21,28H,13H2,1-2H3/t16-,17-,18-,20-,21+/m1/s1. The van der Waals surface area contributed by atoms with Gasteiger partial charge in [-0.15, -0.1) is 0 Å². The van der Waals surface area contributed by atoms with Crippen molar-refractivity contribution in [2.45, 2.75) is 60.9 Å². The van der Waals surface area contributed by atoms with Crippen LogP contribution in [0, 0.1) is 5.41 Å². The van der Waals surface area contributed by atoms with Crippen LogP contribution in [0.1, 0.15) is 29.8 Å². The molecule has 2 aromatic rings. The van der Waals surface area contributed by atoms with Crippen molar-refractivity contribution in [3.05, 3.63) is 71.8 Å². The highest BCUT2D eigenvalue weighted by atomic mass is 35.6. The van der Waals surface area contributed by atoms with Crippen LogP contribution in [0.2, 0.25) is 0 Å². The number of hydrogen-bond donors (Lipinski definition) is 1. The Kier molecular flexibility index (Phi) is 7.92. The Morgan fingerprint density at radius 2 is 1.54 bits per heavy atom. The van der Waals surface area contributed by atoms with E-state index in [-0.39, 0.29) is 6.61 Å². The molecule has 2 aromatic carbocycles. The summed E-state index contributed by atoms with van der Waals surface area (Å²) in [4.78, 5) is 12.9. The number of nitrogens with one attached hydrogen (secondary N) is 1. The van der Waals surface area contributed by atoms with E-state index in [1.165, 1.54) is 0 Å². The zero-order valence-corrected chi connectivity index (χ0v) is 21.1. The second-order valence-corrected chi connectivity index (χ2v) is 10.7. The Morgan fingerprint density at radius 1 is 0.943 bits per heavy atom. The van der Waals surface area contributed by atoms with Crippen molar-refractivity contribution in [2.75, 3.05) is 0 Å². The first-order chi connectivity index (χ1) is 16.5. The molecule has 2 aliphatic heterocycles. The van der Waals surface area contributed by atoms with E-state index < -0.39 is 52.3 Å². The van der Waals surface area contributed by atoms with Crippen LogP contribution in [0.15, 0.2) is 60.7 Å². The van der Waals surface area contributed by atoms with E-state index in [1.54, 1.807) is 44.2 Å². The topological polar surface area (TPSA) is 96.3 Å². The van der Waals surface area contributed by atoms with Crippen molar-refractivity contribution in [3.63, 3.8) is 0 Å². The molecule has 188 valence electrons. The molecule has 11 heteroatoms. The van der Waals surface area contributed by atoms with Crippen LogP contribution in [0.25, 0.3) is 0 Å². The molecule has 0 aliphatic carbocycles. The largest absolute Gasteiger partial charge is 0.450 e. The molecule has 0 amide bonds. The predicted molar refractivity (Wildman–Crippen MR) is 128 cm³/mol. The lowest BCUT2D eigenvalue weighted by Crippen LogP contribution is -2.59. The lowest BCUT2D eigenvalue weighted by atomic mass is 10.0.